The fourth-order valence-electron chi connectivity index (χ4n) is 2.20. The van der Waals surface area contributed by atoms with Crippen LogP contribution in [0.25, 0.3) is 0 Å². The molecule has 11 nitrogen and oxygen atoms in total. The molecule has 1 atom stereocenters. The Morgan fingerprint density at radius 2 is 1.52 bits per heavy atom. The van der Waals surface area contributed by atoms with Gasteiger partial charge in [-0.25, -0.2) is 0 Å². The maximum absolute atomic E-state index is 11.0. The van der Waals surface area contributed by atoms with E-state index in [1.54, 1.807) is 6.92 Å². The van der Waals surface area contributed by atoms with E-state index in [1.807, 2.05) is 20.8 Å². The molecule has 0 aliphatic carbocycles. The summed E-state index contributed by atoms with van der Waals surface area (Å²) in [6.07, 6.45) is 1.89. The van der Waals surface area contributed by atoms with Gasteiger partial charge >= 0.3 is 148 Å². The van der Waals surface area contributed by atoms with E-state index < -0.39 is 42.0 Å². The fourth-order valence-corrected chi connectivity index (χ4v) is 6.64. The van der Waals surface area contributed by atoms with E-state index in [1.165, 1.54) is 0 Å². The van der Waals surface area contributed by atoms with Crippen LogP contribution in [-0.4, -0.2) is 35.1 Å². The topological polar surface area (TPSA) is 192 Å². The van der Waals surface area contributed by atoms with Crippen LogP contribution in [0, 0.1) is 5.21 Å². The van der Waals surface area contributed by atoms with E-state index in [4.69, 9.17) is 39.9 Å². The molecule has 0 aromatic heterocycles. The number of halogens is 1. The SMILES string of the molecule is CCC(CC)(C[I-]C[N+](N)(N)C(C)(CC)ON(N)[O-])[N+](N)(N)N. The second kappa shape index (κ2) is 8.59. The summed E-state index contributed by atoms with van der Waals surface area (Å²) in [7, 11) is 0. The van der Waals surface area contributed by atoms with E-state index in [9.17, 15) is 5.21 Å². The zero-order chi connectivity index (χ0) is 18.5. The van der Waals surface area contributed by atoms with Crippen LogP contribution in [0.2, 0.25) is 0 Å². The van der Waals surface area contributed by atoms with Gasteiger partial charge in [-0.05, 0) is 0 Å². The monoisotopic (exact) mass is 451 g/mol. The molecule has 12 heteroatoms. The molecule has 0 heterocycles. The number of alkyl halides is 2. The van der Waals surface area contributed by atoms with Gasteiger partial charge in [0, 0.05) is 0 Å². The molecular formula is C11H34IN9O2. The minimum atomic E-state index is -1.13. The normalized spacial score (nSPS) is 16.9. The molecule has 142 valence electrons. The molecule has 0 fully saturated rings. The summed E-state index contributed by atoms with van der Waals surface area (Å²) >= 11 is -0.506. The number of hydrazine groups is 1. The first kappa shape index (κ1) is 23.3. The zero-order valence-electron chi connectivity index (χ0n) is 14.5. The maximum atomic E-state index is 11.0. The molecule has 1 unspecified atom stereocenters. The average Bonchev–Trinajstić information content (AvgIpc) is 2.41. The van der Waals surface area contributed by atoms with Gasteiger partial charge in [0.1, 0.15) is 0 Å². The number of nitrogens with two attached hydrogens (primary N) is 6. The standard InChI is InChI=1S/C11H34IN9O2/c1-5-10(4,23-19(13)22)20(14,15)9-12-8-11(6-2,7-3)21(16,17)18/h5-9,13-18H2,1-4H3. The minimum absolute atomic E-state index is 0.113. The van der Waals surface area contributed by atoms with E-state index in [-0.39, 0.29) is 5.34 Å². The van der Waals surface area contributed by atoms with Gasteiger partial charge in [-0.3, -0.25) is 0 Å². The number of hydrogen-bond donors (Lipinski definition) is 6. The van der Waals surface area contributed by atoms with Crippen LogP contribution < -0.4 is 56.3 Å². The molecule has 0 aromatic rings. The molecule has 0 spiro atoms. The second-order valence-electron chi connectivity index (χ2n) is 6.04. The molecule has 0 rings (SSSR count). The van der Waals surface area contributed by atoms with Gasteiger partial charge in [0.25, 0.3) is 0 Å². The molecule has 0 bridgehead atoms. The van der Waals surface area contributed by atoms with Crippen molar-refractivity contribution >= 4 is 0 Å². The van der Waals surface area contributed by atoms with E-state index in [0.717, 1.165) is 17.3 Å². The summed E-state index contributed by atoms with van der Waals surface area (Å²) in [4.78, 5) is 4.50. The van der Waals surface area contributed by atoms with Crippen molar-refractivity contribution in [3.63, 3.8) is 0 Å². The van der Waals surface area contributed by atoms with Crippen molar-refractivity contribution in [2.45, 2.75) is 58.2 Å². The van der Waals surface area contributed by atoms with Crippen molar-refractivity contribution in [3.8, 4) is 0 Å². The number of rotatable bonds is 11. The van der Waals surface area contributed by atoms with Crippen LogP contribution in [0.5, 0.6) is 0 Å². The van der Waals surface area contributed by atoms with Crippen molar-refractivity contribution in [2.75, 3.05) is 8.98 Å². The first-order valence-electron chi connectivity index (χ1n) is 7.45. The van der Waals surface area contributed by atoms with Gasteiger partial charge < -0.3 is 0 Å². The summed E-state index contributed by atoms with van der Waals surface area (Å²) in [6, 6.07) is 0. The first-order valence-corrected chi connectivity index (χ1v) is 10.5. The Morgan fingerprint density at radius 1 is 1.04 bits per heavy atom. The van der Waals surface area contributed by atoms with Gasteiger partial charge in [0.2, 0.25) is 0 Å². The molecule has 0 saturated heterocycles. The summed E-state index contributed by atoms with van der Waals surface area (Å²) in [5.41, 5.74) is -1.56. The molecule has 0 saturated carbocycles. The van der Waals surface area contributed by atoms with Gasteiger partial charge in [-0.1, -0.05) is 0 Å². The fraction of sp³-hybridized carbons (Fsp3) is 1.00. The summed E-state index contributed by atoms with van der Waals surface area (Å²) in [6.45, 7) is 7.47. The Balaban J connectivity index is 5.00. The van der Waals surface area contributed by atoms with Crippen LogP contribution in [0.1, 0.15) is 47.0 Å². The predicted octanol–water partition coefficient (Wildman–Crippen LogP) is -4.67. The quantitative estimate of drug-likeness (QED) is 0.0341. The Labute approximate surface area is 148 Å². The van der Waals surface area contributed by atoms with Gasteiger partial charge in [-0.2, -0.15) is 0 Å². The second-order valence-corrected chi connectivity index (χ2v) is 8.57. The van der Waals surface area contributed by atoms with E-state index in [2.05, 4.69) is 0 Å². The summed E-state index contributed by atoms with van der Waals surface area (Å²) in [5, 5.41) is 10.9. The van der Waals surface area contributed by atoms with E-state index >= 15 is 0 Å². The number of nitrogens with zero attached hydrogens (tertiary/aromatic N) is 3. The molecule has 0 aliphatic heterocycles. The van der Waals surface area contributed by atoms with Crippen LogP contribution in [0.4, 0.5) is 0 Å². The number of hydrogen-bond acceptors (Lipinski definition) is 9. The van der Waals surface area contributed by atoms with Crippen molar-refractivity contribution in [3.05, 3.63) is 5.21 Å². The van der Waals surface area contributed by atoms with Crippen LogP contribution >= 0.6 is 0 Å². The van der Waals surface area contributed by atoms with E-state index in [0.29, 0.717) is 11.0 Å². The number of quaternary nitrogens is 2. The van der Waals surface area contributed by atoms with Crippen molar-refractivity contribution in [1.82, 2.24) is 5.34 Å². The molecule has 0 radical (unpaired) electrons. The Kier molecular flexibility index (Phi) is 8.70. The van der Waals surface area contributed by atoms with Crippen molar-refractivity contribution < 1.29 is 35.6 Å². The summed E-state index contributed by atoms with van der Waals surface area (Å²) in [5.74, 6) is 35.1. The summed E-state index contributed by atoms with van der Waals surface area (Å²) < 4.78 is 0.717. The Morgan fingerprint density at radius 3 is 1.83 bits per heavy atom. The Hall–Kier alpha value is 0.290. The predicted molar refractivity (Wildman–Crippen MR) is 83.7 cm³/mol. The average molecular weight is 451 g/mol. The molecule has 12 N–H and O–H groups in total. The molecule has 23 heavy (non-hydrogen) atoms. The Bertz CT molecular complexity index is 360. The van der Waals surface area contributed by atoms with Crippen LogP contribution in [0.3, 0.4) is 0 Å². The third-order valence-electron chi connectivity index (χ3n) is 4.59. The van der Waals surface area contributed by atoms with Crippen molar-refractivity contribution in [2.24, 2.45) is 35.1 Å². The molecule has 0 aromatic carbocycles. The van der Waals surface area contributed by atoms with Gasteiger partial charge in [0.15, 0.2) is 0 Å². The van der Waals surface area contributed by atoms with Gasteiger partial charge in [-0.15, -0.1) is 0 Å². The van der Waals surface area contributed by atoms with Crippen molar-refractivity contribution in [1.29, 1.82) is 0 Å². The van der Waals surface area contributed by atoms with Gasteiger partial charge in [0.05, 0.1) is 0 Å². The zero-order valence-corrected chi connectivity index (χ0v) is 16.7. The third-order valence-corrected chi connectivity index (χ3v) is 8.16. The molecule has 0 amide bonds. The van der Waals surface area contributed by atoms with Crippen LogP contribution in [-0.2, 0) is 4.84 Å². The third kappa shape index (κ3) is 5.65. The first-order chi connectivity index (χ1) is 10.3. The molecular weight excluding hydrogens is 417 g/mol. The molecule has 0 aliphatic rings. The van der Waals surface area contributed by atoms with Crippen LogP contribution in [0.15, 0.2) is 0 Å².